The molecule has 1 amide bonds. The molecule has 76 valence electrons. The number of carbonyl (C=O) groups is 1. The van der Waals surface area contributed by atoms with Gasteiger partial charge in [-0.2, -0.15) is 0 Å². The zero-order valence-corrected chi connectivity index (χ0v) is 11.9. The highest BCUT2D eigenvalue weighted by Crippen LogP contribution is 2.24. The van der Waals surface area contributed by atoms with Crippen LogP contribution in [0.2, 0.25) is 0 Å². The smallest absolute Gasteiger partial charge is 0.231 e. The van der Waals surface area contributed by atoms with Crippen molar-refractivity contribution in [2.75, 3.05) is 0 Å². The lowest BCUT2D eigenvalue weighted by molar-refractivity contribution is -0.117. The lowest BCUT2D eigenvalue weighted by atomic mass is 10.1. The Balaban J connectivity index is 2.85. The summed E-state index contributed by atoms with van der Waals surface area (Å²) in [6.07, 6.45) is 0.579. The van der Waals surface area contributed by atoms with Gasteiger partial charge in [0.05, 0.1) is 4.83 Å². The molecule has 0 aliphatic heterocycles. The molecule has 0 aliphatic carbocycles. The van der Waals surface area contributed by atoms with Gasteiger partial charge in [-0.3, -0.25) is 4.79 Å². The van der Waals surface area contributed by atoms with Gasteiger partial charge in [0.1, 0.15) is 0 Å². The van der Waals surface area contributed by atoms with Gasteiger partial charge in [0, 0.05) is 8.95 Å². The number of amides is 1. The number of primary amides is 1. The van der Waals surface area contributed by atoms with E-state index >= 15 is 0 Å². The van der Waals surface area contributed by atoms with Crippen molar-refractivity contribution in [2.24, 2.45) is 5.73 Å². The van der Waals surface area contributed by atoms with Crippen LogP contribution in [0.25, 0.3) is 0 Å². The average molecular weight is 386 g/mol. The van der Waals surface area contributed by atoms with Gasteiger partial charge in [0.15, 0.2) is 0 Å². The van der Waals surface area contributed by atoms with E-state index < -0.39 is 0 Å². The van der Waals surface area contributed by atoms with Crippen LogP contribution in [0.4, 0.5) is 0 Å². The van der Waals surface area contributed by atoms with Crippen molar-refractivity contribution in [3.8, 4) is 0 Å². The highest BCUT2D eigenvalue weighted by atomic mass is 79.9. The fraction of sp³-hybridized carbons (Fsp3) is 0.222. The van der Waals surface area contributed by atoms with E-state index in [4.69, 9.17) is 5.73 Å². The number of rotatable bonds is 3. The maximum Gasteiger partial charge on any atom is 0.231 e. The Morgan fingerprint density at radius 1 is 1.43 bits per heavy atom. The molecule has 0 saturated heterocycles. The summed E-state index contributed by atoms with van der Waals surface area (Å²) in [4.78, 5) is 10.5. The van der Waals surface area contributed by atoms with Crippen LogP contribution in [0, 0.1) is 0 Å². The van der Waals surface area contributed by atoms with Crippen LogP contribution in [0.5, 0.6) is 0 Å². The van der Waals surface area contributed by atoms with E-state index in [9.17, 15) is 4.79 Å². The lowest BCUT2D eigenvalue weighted by Crippen LogP contribution is -2.25. The molecule has 0 aliphatic rings. The first-order valence-corrected chi connectivity index (χ1v) is 6.38. The van der Waals surface area contributed by atoms with Crippen LogP contribution in [0.1, 0.15) is 5.56 Å². The fourth-order valence-electron chi connectivity index (χ4n) is 0.993. The van der Waals surface area contributed by atoms with Crippen LogP contribution in [0.15, 0.2) is 27.1 Å². The minimum absolute atomic E-state index is 0.326. The second-order valence-electron chi connectivity index (χ2n) is 2.81. The summed E-state index contributed by atoms with van der Waals surface area (Å²) in [6, 6.07) is 5.82. The number of benzene rings is 1. The SMILES string of the molecule is NC(=O)C(Br)Cc1cc(Br)ccc1Br. The summed E-state index contributed by atoms with van der Waals surface area (Å²) >= 11 is 10.0. The standard InChI is InChI=1S/C9H8Br3NO/c10-6-1-2-7(11)5(3-6)4-8(12)9(13)14/h1-3,8H,4H2,(H2,13,14). The van der Waals surface area contributed by atoms with Crippen molar-refractivity contribution in [3.63, 3.8) is 0 Å². The summed E-state index contributed by atoms with van der Waals surface area (Å²) in [6.45, 7) is 0. The van der Waals surface area contributed by atoms with E-state index in [0.717, 1.165) is 14.5 Å². The summed E-state index contributed by atoms with van der Waals surface area (Å²) in [5.41, 5.74) is 6.20. The molecule has 1 unspecified atom stereocenters. The van der Waals surface area contributed by atoms with Crippen molar-refractivity contribution in [3.05, 3.63) is 32.7 Å². The molecule has 0 fully saturated rings. The molecule has 0 aromatic heterocycles. The molecule has 0 radical (unpaired) electrons. The largest absolute Gasteiger partial charge is 0.369 e. The van der Waals surface area contributed by atoms with Gasteiger partial charge in [-0.15, -0.1) is 0 Å². The third kappa shape index (κ3) is 3.37. The number of hydrogen-bond acceptors (Lipinski definition) is 1. The van der Waals surface area contributed by atoms with Crippen LogP contribution in [0.3, 0.4) is 0 Å². The molecule has 1 rings (SSSR count). The summed E-state index contributed by atoms with van der Waals surface area (Å²) in [5.74, 6) is -0.350. The number of carbonyl (C=O) groups excluding carboxylic acids is 1. The fourth-order valence-corrected chi connectivity index (χ4v) is 2.16. The molecule has 0 heterocycles. The molecular weight excluding hydrogens is 378 g/mol. The Labute approximate surface area is 108 Å². The zero-order valence-electron chi connectivity index (χ0n) is 7.14. The number of hydrogen-bond donors (Lipinski definition) is 1. The van der Waals surface area contributed by atoms with Crippen molar-refractivity contribution in [1.29, 1.82) is 0 Å². The normalized spacial score (nSPS) is 12.5. The van der Waals surface area contributed by atoms with Gasteiger partial charge < -0.3 is 5.73 Å². The topological polar surface area (TPSA) is 43.1 Å². The first-order valence-electron chi connectivity index (χ1n) is 3.88. The zero-order chi connectivity index (χ0) is 10.7. The molecule has 14 heavy (non-hydrogen) atoms. The minimum Gasteiger partial charge on any atom is -0.369 e. The Morgan fingerprint density at radius 2 is 2.07 bits per heavy atom. The molecule has 1 aromatic carbocycles. The van der Waals surface area contributed by atoms with E-state index in [0.29, 0.717) is 6.42 Å². The van der Waals surface area contributed by atoms with Gasteiger partial charge in [0.2, 0.25) is 5.91 Å². The maximum absolute atomic E-state index is 10.8. The third-order valence-electron chi connectivity index (χ3n) is 1.72. The van der Waals surface area contributed by atoms with Crippen LogP contribution in [-0.4, -0.2) is 10.7 Å². The third-order valence-corrected chi connectivity index (χ3v) is 3.76. The highest BCUT2D eigenvalue weighted by molar-refractivity contribution is 9.11. The van der Waals surface area contributed by atoms with Crippen molar-refractivity contribution in [2.45, 2.75) is 11.2 Å². The predicted octanol–water partition coefficient (Wildman–Crippen LogP) is 3.00. The van der Waals surface area contributed by atoms with Crippen LogP contribution in [-0.2, 0) is 11.2 Å². The molecule has 2 nitrogen and oxygen atoms in total. The second-order valence-corrected chi connectivity index (χ2v) is 5.69. The van der Waals surface area contributed by atoms with E-state index in [1.807, 2.05) is 18.2 Å². The van der Waals surface area contributed by atoms with Crippen LogP contribution < -0.4 is 5.73 Å². The predicted molar refractivity (Wildman–Crippen MR) is 67.5 cm³/mol. The Morgan fingerprint density at radius 3 is 2.64 bits per heavy atom. The molecular formula is C9H8Br3NO. The summed E-state index contributed by atoms with van der Waals surface area (Å²) < 4.78 is 1.96. The minimum atomic E-state index is -0.350. The second kappa shape index (κ2) is 5.28. The van der Waals surface area contributed by atoms with Gasteiger partial charge >= 0.3 is 0 Å². The lowest BCUT2D eigenvalue weighted by Gasteiger charge is -2.08. The molecule has 1 aromatic rings. The number of nitrogens with two attached hydrogens (primary N) is 1. The van der Waals surface area contributed by atoms with Gasteiger partial charge in [-0.1, -0.05) is 47.8 Å². The van der Waals surface area contributed by atoms with Crippen molar-refractivity contribution < 1.29 is 4.79 Å². The van der Waals surface area contributed by atoms with Crippen molar-refractivity contribution >= 4 is 53.7 Å². The molecule has 5 heteroatoms. The Bertz CT molecular complexity index is 354. The number of alkyl halides is 1. The maximum atomic E-state index is 10.8. The quantitative estimate of drug-likeness (QED) is 0.798. The molecule has 1 atom stereocenters. The summed E-state index contributed by atoms with van der Waals surface area (Å²) in [5, 5.41) is 0. The van der Waals surface area contributed by atoms with Gasteiger partial charge in [-0.25, -0.2) is 0 Å². The first kappa shape index (κ1) is 12.2. The molecule has 0 bridgehead atoms. The first-order chi connectivity index (χ1) is 6.50. The van der Waals surface area contributed by atoms with Gasteiger partial charge in [-0.05, 0) is 30.2 Å². The van der Waals surface area contributed by atoms with Crippen LogP contribution >= 0.6 is 47.8 Å². The van der Waals surface area contributed by atoms with Crippen molar-refractivity contribution in [1.82, 2.24) is 0 Å². The molecule has 2 N–H and O–H groups in total. The summed E-state index contributed by atoms with van der Waals surface area (Å²) in [7, 11) is 0. The average Bonchev–Trinajstić information content (AvgIpc) is 2.11. The molecule has 0 saturated carbocycles. The Kier molecular flexibility index (Phi) is 4.60. The molecule has 0 spiro atoms. The van der Waals surface area contributed by atoms with E-state index in [2.05, 4.69) is 47.8 Å². The number of halogens is 3. The highest BCUT2D eigenvalue weighted by Gasteiger charge is 2.13. The monoisotopic (exact) mass is 383 g/mol. The van der Waals surface area contributed by atoms with E-state index in [-0.39, 0.29) is 10.7 Å². The Hall–Kier alpha value is 0.130. The van der Waals surface area contributed by atoms with E-state index in [1.165, 1.54) is 0 Å². The van der Waals surface area contributed by atoms with Gasteiger partial charge in [0.25, 0.3) is 0 Å². The van der Waals surface area contributed by atoms with E-state index in [1.54, 1.807) is 0 Å².